The van der Waals surface area contributed by atoms with Crippen LogP contribution in [0, 0.1) is 0 Å². The van der Waals surface area contributed by atoms with Gasteiger partial charge < -0.3 is 9.47 Å². The Kier molecular flexibility index (Phi) is 6.04. The van der Waals surface area contributed by atoms with Crippen molar-refractivity contribution < 1.29 is 0 Å². The Morgan fingerprint density at radius 3 is 2.76 bits per heavy atom. The number of fused-ring (bicyclic) bond motifs is 1. The maximum atomic E-state index is 6.31. The summed E-state index contributed by atoms with van der Waals surface area (Å²) in [6.07, 6.45) is 5.00. The first-order valence-corrected chi connectivity index (χ1v) is 10.7. The maximum absolute atomic E-state index is 6.31. The van der Waals surface area contributed by atoms with Gasteiger partial charge in [0.2, 0.25) is 5.28 Å². The molecule has 3 heterocycles. The van der Waals surface area contributed by atoms with Crippen LogP contribution in [0.1, 0.15) is 11.3 Å². The van der Waals surface area contributed by atoms with Crippen molar-refractivity contribution in [2.24, 2.45) is 4.99 Å². The number of hydrogen-bond acceptors (Lipinski definition) is 5. The van der Waals surface area contributed by atoms with Crippen LogP contribution in [0.25, 0.3) is 28.0 Å². The fourth-order valence-corrected chi connectivity index (χ4v) is 4.17. The molecule has 0 fully saturated rings. The second-order valence-corrected chi connectivity index (χ2v) is 8.28. The van der Waals surface area contributed by atoms with Crippen LogP contribution in [0.5, 0.6) is 0 Å². The summed E-state index contributed by atoms with van der Waals surface area (Å²) in [6.45, 7) is 1.84. The molecule has 148 valence electrons. The van der Waals surface area contributed by atoms with E-state index in [1.807, 2.05) is 53.4 Å². The second kappa shape index (κ2) is 8.86. The largest absolute Gasteiger partial charge is 0.309 e. The van der Waals surface area contributed by atoms with Crippen molar-refractivity contribution in [2.45, 2.75) is 6.42 Å². The quantitative estimate of drug-likeness (QED) is 0.234. The van der Waals surface area contributed by atoms with E-state index in [2.05, 4.69) is 45.4 Å². The van der Waals surface area contributed by atoms with Gasteiger partial charge in [0, 0.05) is 35.6 Å². The summed E-state index contributed by atoms with van der Waals surface area (Å²) in [5.41, 5.74) is 3.71. The van der Waals surface area contributed by atoms with Gasteiger partial charge in [-0.3, -0.25) is 4.99 Å². The normalized spacial score (nSPS) is 11.9. The lowest BCUT2D eigenvalue weighted by molar-refractivity contribution is 0.403. The van der Waals surface area contributed by atoms with E-state index < -0.39 is 0 Å². The summed E-state index contributed by atoms with van der Waals surface area (Å²) in [5, 5.41) is 3.27. The molecule has 0 aliphatic heterocycles. The molecule has 0 amide bonds. The molecular weight excluding hydrogens is 402 g/mol. The fourth-order valence-electron chi connectivity index (χ4n) is 3.23. The summed E-state index contributed by atoms with van der Waals surface area (Å²) < 4.78 is 2.04. The Morgan fingerprint density at radius 1 is 1.14 bits per heavy atom. The zero-order chi connectivity index (χ0) is 20.2. The van der Waals surface area contributed by atoms with E-state index in [4.69, 9.17) is 11.6 Å². The highest BCUT2D eigenvalue weighted by atomic mass is 35.5. The van der Waals surface area contributed by atoms with E-state index in [1.54, 1.807) is 11.3 Å². The lowest BCUT2D eigenvalue weighted by Crippen LogP contribution is -2.13. The molecule has 5 nitrogen and oxygen atoms in total. The number of para-hydroxylation sites is 1. The Balaban J connectivity index is 1.70. The zero-order valence-electron chi connectivity index (χ0n) is 16.4. The van der Waals surface area contributed by atoms with Gasteiger partial charge in [0.05, 0.1) is 10.6 Å². The van der Waals surface area contributed by atoms with Crippen LogP contribution in [0.15, 0.2) is 59.0 Å². The molecule has 29 heavy (non-hydrogen) atoms. The van der Waals surface area contributed by atoms with Gasteiger partial charge in [0.15, 0.2) is 0 Å². The van der Waals surface area contributed by atoms with Crippen molar-refractivity contribution in [3.8, 4) is 16.9 Å². The third kappa shape index (κ3) is 4.40. The lowest BCUT2D eigenvalue weighted by atomic mass is 10.1. The van der Waals surface area contributed by atoms with Crippen LogP contribution >= 0.6 is 22.9 Å². The molecule has 4 rings (SSSR count). The van der Waals surface area contributed by atoms with Gasteiger partial charge in [0.25, 0.3) is 0 Å². The molecule has 0 unspecified atom stereocenters. The van der Waals surface area contributed by atoms with E-state index in [0.29, 0.717) is 0 Å². The molecule has 1 aromatic carbocycles. The number of benzene rings is 1. The highest BCUT2D eigenvalue weighted by molar-refractivity contribution is 7.12. The first-order valence-electron chi connectivity index (χ1n) is 9.46. The molecule has 0 aliphatic carbocycles. The van der Waals surface area contributed by atoms with Crippen LogP contribution in [0.4, 0.5) is 0 Å². The molecule has 0 aliphatic rings. The molecule has 0 N–H and O–H groups in total. The van der Waals surface area contributed by atoms with Crippen LogP contribution < -0.4 is 0 Å². The lowest BCUT2D eigenvalue weighted by Gasteiger charge is -2.07. The fraction of sp³-hybridized carbons (Fsp3) is 0.227. The number of thiophene rings is 1. The van der Waals surface area contributed by atoms with Gasteiger partial charge in [-0.1, -0.05) is 18.2 Å². The van der Waals surface area contributed by atoms with E-state index in [1.165, 1.54) is 0 Å². The first-order chi connectivity index (χ1) is 14.1. The predicted octanol–water partition coefficient (Wildman–Crippen LogP) is 5.17. The van der Waals surface area contributed by atoms with Gasteiger partial charge in [-0.2, -0.15) is 4.98 Å². The Bertz CT molecular complexity index is 1130. The molecule has 7 heteroatoms. The van der Waals surface area contributed by atoms with Crippen molar-refractivity contribution in [3.63, 3.8) is 0 Å². The molecule has 3 aromatic heterocycles. The van der Waals surface area contributed by atoms with Crippen molar-refractivity contribution >= 4 is 40.2 Å². The summed E-state index contributed by atoms with van der Waals surface area (Å²) in [7, 11) is 4.15. The number of aromatic nitrogens is 3. The predicted molar refractivity (Wildman–Crippen MR) is 123 cm³/mol. The van der Waals surface area contributed by atoms with Gasteiger partial charge in [-0.15, -0.1) is 11.3 Å². The van der Waals surface area contributed by atoms with Gasteiger partial charge in [-0.05, 0) is 68.3 Å². The Morgan fingerprint density at radius 2 is 1.97 bits per heavy atom. The number of halogens is 1. The smallest absolute Gasteiger partial charge is 0.224 e. The number of rotatable bonds is 7. The van der Waals surface area contributed by atoms with Crippen LogP contribution in [-0.2, 0) is 0 Å². The number of nitrogens with zero attached hydrogens (tertiary/aromatic N) is 5. The minimum Gasteiger partial charge on any atom is -0.309 e. The molecule has 0 saturated heterocycles. The Hall–Kier alpha value is -2.54. The second-order valence-electron chi connectivity index (χ2n) is 6.99. The topological polar surface area (TPSA) is 46.3 Å². The summed E-state index contributed by atoms with van der Waals surface area (Å²) in [6, 6.07) is 14.2. The van der Waals surface area contributed by atoms with Crippen molar-refractivity contribution in [1.29, 1.82) is 0 Å². The van der Waals surface area contributed by atoms with Crippen LogP contribution in [0.3, 0.4) is 0 Å². The van der Waals surface area contributed by atoms with E-state index in [-0.39, 0.29) is 5.28 Å². The van der Waals surface area contributed by atoms with Gasteiger partial charge in [0.1, 0.15) is 5.65 Å². The third-order valence-electron chi connectivity index (χ3n) is 4.60. The van der Waals surface area contributed by atoms with Crippen molar-refractivity contribution in [2.75, 3.05) is 27.2 Å². The third-order valence-corrected chi connectivity index (χ3v) is 5.62. The SMILES string of the molecule is CN(C)CCCN=Cc1sccc1-c1nc(Cl)nc2c1ccn2-c1ccccc1. The van der Waals surface area contributed by atoms with Gasteiger partial charge in [-0.25, -0.2) is 4.98 Å². The number of aliphatic imine (C=N–C) groups is 1. The molecule has 0 saturated carbocycles. The van der Waals surface area contributed by atoms with Crippen molar-refractivity contribution in [1.82, 2.24) is 19.4 Å². The summed E-state index contributed by atoms with van der Waals surface area (Å²) in [5.74, 6) is 0. The van der Waals surface area contributed by atoms with Crippen LogP contribution in [-0.4, -0.2) is 52.8 Å². The highest BCUT2D eigenvalue weighted by Gasteiger charge is 2.16. The van der Waals surface area contributed by atoms with E-state index in [0.717, 1.165) is 52.4 Å². The molecule has 0 bridgehead atoms. The maximum Gasteiger partial charge on any atom is 0.224 e. The molecule has 0 spiro atoms. The summed E-state index contributed by atoms with van der Waals surface area (Å²) in [4.78, 5) is 16.9. The van der Waals surface area contributed by atoms with Gasteiger partial charge >= 0.3 is 0 Å². The minimum absolute atomic E-state index is 0.239. The molecular formula is C22H22ClN5S. The minimum atomic E-state index is 0.239. The molecule has 0 atom stereocenters. The number of hydrogen-bond donors (Lipinski definition) is 0. The average Bonchev–Trinajstić information content (AvgIpc) is 3.34. The zero-order valence-corrected chi connectivity index (χ0v) is 18.0. The first kappa shape index (κ1) is 19.8. The standard InChI is InChI=1S/C22H22ClN5S/c1-27(2)12-6-11-24-15-19-17(10-14-29-19)20-18-9-13-28(16-7-4-3-5-8-16)21(18)26-22(23)25-20/h3-5,7-10,13-15H,6,11-12H2,1-2H3. The average molecular weight is 424 g/mol. The van der Waals surface area contributed by atoms with Crippen LogP contribution in [0.2, 0.25) is 5.28 Å². The summed E-state index contributed by atoms with van der Waals surface area (Å²) >= 11 is 7.97. The highest BCUT2D eigenvalue weighted by Crippen LogP contribution is 2.33. The Labute approximate surface area is 179 Å². The molecule has 4 aromatic rings. The van der Waals surface area contributed by atoms with E-state index in [9.17, 15) is 0 Å². The monoisotopic (exact) mass is 423 g/mol. The van der Waals surface area contributed by atoms with Crippen molar-refractivity contribution in [3.05, 3.63) is 64.2 Å². The molecule has 0 radical (unpaired) electrons. The van der Waals surface area contributed by atoms with E-state index >= 15 is 0 Å².